The number of aromatic nitrogens is 1. The Balaban J connectivity index is 1.74. The first-order chi connectivity index (χ1) is 11.2. The van der Waals surface area contributed by atoms with Crippen LogP contribution in [0.1, 0.15) is 5.69 Å². The van der Waals surface area contributed by atoms with E-state index in [1.807, 2.05) is 36.2 Å². The molecule has 0 atom stereocenters. The second kappa shape index (κ2) is 7.17. The average molecular weight is 351 g/mol. The van der Waals surface area contributed by atoms with Crippen LogP contribution in [-0.4, -0.2) is 36.1 Å². The molecule has 2 aromatic rings. The Morgan fingerprint density at radius 3 is 2.65 bits per heavy atom. The molecular weight excluding hydrogens is 335 g/mol. The SMILES string of the molecule is CN(C1=NCCN1OCc1ccccn1)c1c(Cl)cccc1Cl. The minimum atomic E-state index is 0.379. The number of rotatable bonds is 4. The molecule has 2 heterocycles. The molecule has 0 amide bonds. The zero-order chi connectivity index (χ0) is 16.2. The molecule has 5 nitrogen and oxygen atoms in total. The average Bonchev–Trinajstić information content (AvgIpc) is 3.02. The van der Waals surface area contributed by atoms with Crippen LogP contribution in [0.2, 0.25) is 10.0 Å². The number of benzene rings is 1. The van der Waals surface area contributed by atoms with E-state index >= 15 is 0 Å². The van der Waals surface area contributed by atoms with Crippen LogP contribution >= 0.6 is 23.2 Å². The molecule has 0 saturated heterocycles. The van der Waals surface area contributed by atoms with Gasteiger partial charge in [0.25, 0.3) is 0 Å². The number of aliphatic imine (C=N–C) groups is 1. The lowest BCUT2D eigenvalue weighted by atomic mass is 10.3. The van der Waals surface area contributed by atoms with Gasteiger partial charge in [-0.2, -0.15) is 0 Å². The van der Waals surface area contributed by atoms with Gasteiger partial charge in [-0.25, -0.2) is 10.1 Å². The van der Waals surface area contributed by atoms with Crippen LogP contribution in [0.4, 0.5) is 5.69 Å². The summed E-state index contributed by atoms with van der Waals surface area (Å²) in [5.74, 6) is 0.677. The van der Waals surface area contributed by atoms with Gasteiger partial charge in [-0.3, -0.25) is 9.82 Å². The van der Waals surface area contributed by atoms with Crippen molar-refractivity contribution in [1.82, 2.24) is 10.0 Å². The normalized spacial score (nSPS) is 14.0. The van der Waals surface area contributed by atoms with Crippen molar-refractivity contribution in [3.63, 3.8) is 0 Å². The molecule has 0 aliphatic carbocycles. The van der Waals surface area contributed by atoms with Gasteiger partial charge in [0.2, 0.25) is 5.96 Å². The highest BCUT2D eigenvalue weighted by molar-refractivity contribution is 6.39. The molecule has 1 aliphatic heterocycles. The number of hydrogen-bond acceptors (Lipinski definition) is 5. The first kappa shape index (κ1) is 16.1. The Labute approximate surface area is 145 Å². The standard InChI is InChI=1S/C16H16Cl2N4O/c1-21(15-13(17)6-4-7-14(15)18)16-20-9-10-22(16)23-11-12-5-2-3-8-19-12/h2-8H,9-11H2,1H3. The van der Waals surface area contributed by atoms with Crippen LogP contribution in [0.3, 0.4) is 0 Å². The smallest absolute Gasteiger partial charge is 0.225 e. The second-order valence-electron chi connectivity index (χ2n) is 5.01. The van der Waals surface area contributed by atoms with E-state index in [0.717, 1.165) is 5.69 Å². The molecule has 120 valence electrons. The van der Waals surface area contributed by atoms with E-state index in [1.54, 1.807) is 23.4 Å². The third kappa shape index (κ3) is 3.58. The summed E-state index contributed by atoms with van der Waals surface area (Å²) < 4.78 is 0. The molecular formula is C16H16Cl2N4O. The largest absolute Gasteiger partial charge is 0.311 e. The highest BCUT2D eigenvalue weighted by atomic mass is 35.5. The third-order valence-corrected chi connectivity index (χ3v) is 4.06. The number of anilines is 1. The van der Waals surface area contributed by atoms with Crippen LogP contribution < -0.4 is 4.90 Å². The minimum absolute atomic E-state index is 0.379. The number of pyridine rings is 1. The van der Waals surface area contributed by atoms with Crippen LogP contribution in [0.15, 0.2) is 47.6 Å². The molecule has 0 unspecified atom stereocenters. The van der Waals surface area contributed by atoms with E-state index in [0.29, 0.717) is 41.4 Å². The first-order valence-corrected chi connectivity index (χ1v) is 7.95. The van der Waals surface area contributed by atoms with E-state index in [1.165, 1.54) is 0 Å². The summed E-state index contributed by atoms with van der Waals surface area (Å²) in [6.45, 7) is 1.71. The van der Waals surface area contributed by atoms with Crippen molar-refractivity contribution in [3.8, 4) is 0 Å². The van der Waals surface area contributed by atoms with Gasteiger partial charge in [0.05, 0.1) is 34.5 Å². The number of hydrogen-bond donors (Lipinski definition) is 0. The van der Waals surface area contributed by atoms with Gasteiger partial charge in [0.1, 0.15) is 6.61 Å². The first-order valence-electron chi connectivity index (χ1n) is 7.19. The molecule has 0 saturated carbocycles. The Morgan fingerprint density at radius 1 is 1.17 bits per heavy atom. The van der Waals surface area contributed by atoms with Crippen molar-refractivity contribution in [2.75, 3.05) is 25.0 Å². The van der Waals surface area contributed by atoms with E-state index < -0.39 is 0 Å². The van der Waals surface area contributed by atoms with Gasteiger partial charge in [0, 0.05) is 13.2 Å². The molecule has 1 aliphatic rings. The molecule has 3 rings (SSSR count). The van der Waals surface area contributed by atoms with Gasteiger partial charge in [-0.1, -0.05) is 35.3 Å². The predicted molar refractivity (Wildman–Crippen MR) is 92.9 cm³/mol. The number of nitrogens with zero attached hydrogens (tertiary/aromatic N) is 4. The summed E-state index contributed by atoms with van der Waals surface area (Å²) in [6.07, 6.45) is 1.74. The quantitative estimate of drug-likeness (QED) is 0.844. The third-order valence-electron chi connectivity index (χ3n) is 3.45. The van der Waals surface area contributed by atoms with Crippen molar-refractivity contribution in [1.29, 1.82) is 0 Å². The molecule has 0 bridgehead atoms. The zero-order valence-corrected chi connectivity index (χ0v) is 14.1. The fourth-order valence-electron chi connectivity index (χ4n) is 2.35. The number of hydroxylamine groups is 2. The van der Waals surface area contributed by atoms with Crippen molar-refractivity contribution >= 4 is 34.8 Å². The molecule has 0 N–H and O–H groups in total. The van der Waals surface area contributed by atoms with Gasteiger partial charge in [-0.15, -0.1) is 0 Å². The lowest BCUT2D eigenvalue weighted by molar-refractivity contribution is -0.105. The predicted octanol–water partition coefficient (Wildman–Crippen LogP) is 3.63. The van der Waals surface area contributed by atoms with Crippen LogP contribution in [-0.2, 0) is 11.4 Å². The summed E-state index contributed by atoms with van der Waals surface area (Å²) in [5, 5.41) is 2.88. The van der Waals surface area contributed by atoms with E-state index in [-0.39, 0.29) is 0 Å². The molecule has 0 radical (unpaired) electrons. The maximum atomic E-state index is 6.27. The lowest BCUT2D eigenvalue weighted by Crippen LogP contribution is -2.40. The van der Waals surface area contributed by atoms with Crippen LogP contribution in [0.25, 0.3) is 0 Å². The molecule has 1 aromatic carbocycles. The Hall–Kier alpha value is -1.82. The zero-order valence-electron chi connectivity index (χ0n) is 12.6. The van der Waals surface area contributed by atoms with Crippen molar-refractivity contribution in [3.05, 3.63) is 58.3 Å². The maximum Gasteiger partial charge on any atom is 0.225 e. The van der Waals surface area contributed by atoms with Gasteiger partial charge >= 0.3 is 0 Å². The fourth-order valence-corrected chi connectivity index (χ4v) is 3.00. The summed E-state index contributed by atoms with van der Waals surface area (Å²) in [7, 11) is 1.87. The molecule has 0 spiro atoms. The summed E-state index contributed by atoms with van der Waals surface area (Å²) >= 11 is 12.5. The number of halogens is 2. The number of para-hydroxylation sites is 1. The Kier molecular flexibility index (Phi) is 5.00. The van der Waals surface area contributed by atoms with Gasteiger partial charge in [0.15, 0.2) is 0 Å². The fraction of sp³-hybridized carbons (Fsp3) is 0.250. The number of guanidine groups is 1. The lowest BCUT2D eigenvalue weighted by Gasteiger charge is -2.28. The topological polar surface area (TPSA) is 41.0 Å². The van der Waals surface area contributed by atoms with Crippen LogP contribution in [0.5, 0.6) is 0 Å². The summed E-state index contributed by atoms with van der Waals surface area (Å²) in [5.41, 5.74) is 1.57. The molecule has 0 fully saturated rings. The van der Waals surface area contributed by atoms with E-state index in [4.69, 9.17) is 28.0 Å². The summed E-state index contributed by atoms with van der Waals surface area (Å²) in [6, 6.07) is 11.1. The minimum Gasteiger partial charge on any atom is -0.311 e. The van der Waals surface area contributed by atoms with Crippen molar-refractivity contribution in [2.45, 2.75) is 6.61 Å². The van der Waals surface area contributed by atoms with Crippen LogP contribution in [0, 0.1) is 0 Å². The molecule has 1 aromatic heterocycles. The Morgan fingerprint density at radius 2 is 1.96 bits per heavy atom. The maximum absolute atomic E-state index is 6.27. The molecule has 23 heavy (non-hydrogen) atoms. The van der Waals surface area contributed by atoms with Gasteiger partial charge < -0.3 is 4.90 Å². The highest BCUT2D eigenvalue weighted by Gasteiger charge is 2.25. The summed E-state index contributed by atoms with van der Waals surface area (Å²) in [4.78, 5) is 16.4. The second-order valence-corrected chi connectivity index (χ2v) is 5.82. The van der Waals surface area contributed by atoms with Crippen molar-refractivity contribution in [2.24, 2.45) is 4.99 Å². The Bertz CT molecular complexity index is 688. The van der Waals surface area contributed by atoms with E-state index in [2.05, 4.69) is 9.98 Å². The monoisotopic (exact) mass is 350 g/mol. The van der Waals surface area contributed by atoms with E-state index in [9.17, 15) is 0 Å². The van der Waals surface area contributed by atoms with Gasteiger partial charge in [-0.05, 0) is 24.3 Å². The van der Waals surface area contributed by atoms with Crippen molar-refractivity contribution < 1.29 is 4.84 Å². The molecule has 7 heteroatoms. The highest BCUT2D eigenvalue weighted by Crippen LogP contribution is 2.33.